The zero-order valence-corrected chi connectivity index (χ0v) is 17.2. The molecule has 1 aliphatic rings. The summed E-state index contributed by atoms with van der Waals surface area (Å²) in [6.45, 7) is 2.71. The van der Waals surface area contributed by atoms with Crippen molar-refractivity contribution in [3.8, 4) is 5.75 Å². The number of esters is 1. The second-order valence-electron chi connectivity index (χ2n) is 7.60. The first kappa shape index (κ1) is 23.1. The zero-order chi connectivity index (χ0) is 22.4. The van der Waals surface area contributed by atoms with Gasteiger partial charge in [-0.25, -0.2) is 4.79 Å². The summed E-state index contributed by atoms with van der Waals surface area (Å²) in [5, 5.41) is 13.4. The molecule has 2 N–H and O–H groups in total. The Bertz CT molecular complexity index is 901. The largest absolute Gasteiger partial charge is 0.482 e. The predicted octanol–water partition coefficient (Wildman–Crippen LogP) is 3.69. The maximum atomic E-state index is 12.8. The molecule has 0 spiro atoms. The molecule has 1 aliphatic carbocycles. The molecule has 3 rings (SSSR count). The van der Waals surface area contributed by atoms with E-state index >= 15 is 0 Å². The van der Waals surface area contributed by atoms with Crippen LogP contribution in [0, 0.1) is 5.92 Å². The molecule has 0 aliphatic heterocycles. The molecular weight excluding hydrogens is 411 g/mol. The minimum Gasteiger partial charge on any atom is -0.482 e. The Morgan fingerprint density at radius 1 is 1.19 bits per heavy atom. The number of nitrogens with one attached hydrogen (secondary N) is 1. The first-order valence-corrected chi connectivity index (χ1v) is 10.2. The summed E-state index contributed by atoms with van der Waals surface area (Å²) < 4.78 is 48.8. The van der Waals surface area contributed by atoms with Crippen molar-refractivity contribution in [1.29, 1.82) is 0 Å². The number of ether oxygens (including phenoxy) is 2. The molecule has 0 amide bonds. The van der Waals surface area contributed by atoms with Crippen LogP contribution in [0.2, 0.25) is 0 Å². The van der Waals surface area contributed by atoms with Gasteiger partial charge in [0.25, 0.3) is 0 Å². The van der Waals surface area contributed by atoms with Gasteiger partial charge in [0.15, 0.2) is 6.61 Å². The highest BCUT2D eigenvalue weighted by Gasteiger charge is 2.31. The molecule has 0 fully saturated rings. The third-order valence-corrected chi connectivity index (χ3v) is 5.23. The number of rotatable bonds is 9. The molecule has 31 heavy (non-hydrogen) atoms. The highest BCUT2D eigenvalue weighted by molar-refractivity contribution is 5.71. The Kier molecular flexibility index (Phi) is 7.56. The van der Waals surface area contributed by atoms with Crippen LogP contribution in [0.5, 0.6) is 5.75 Å². The quantitative estimate of drug-likeness (QED) is 0.586. The van der Waals surface area contributed by atoms with Crippen molar-refractivity contribution < 1.29 is 32.5 Å². The van der Waals surface area contributed by atoms with Crippen molar-refractivity contribution in [2.24, 2.45) is 5.92 Å². The molecule has 0 radical (unpaired) electrons. The van der Waals surface area contributed by atoms with E-state index in [0.717, 1.165) is 30.5 Å². The molecule has 5 nitrogen and oxygen atoms in total. The molecule has 0 saturated heterocycles. The number of aliphatic hydroxyl groups is 1. The Morgan fingerprint density at radius 3 is 2.71 bits per heavy atom. The van der Waals surface area contributed by atoms with Crippen LogP contribution in [0.1, 0.15) is 35.3 Å². The van der Waals surface area contributed by atoms with Crippen molar-refractivity contribution in [2.75, 3.05) is 26.3 Å². The van der Waals surface area contributed by atoms with Gasteiger partial charge in [-0.1, -0.05) is 18.2 Å². The number of hydrogen-bond donors (Lipinski definition) is 2. The lowest BCUT2D eigenvalue weighted by Gasteiger charge is -2.16. The fraction of sp³-hybridized carbons (Fsp3) is 0.435. The Labute approximate surface area is 179 Å². The summed E-state index contributed by atoms with van der Waals surface area (Å²) in [5.41, 5.74) is 1.82. The summed E-state index contributed by atoms with van der Waals surface area (Å²) in [5.74, 6) is 0.508. The van der Waals surface area contributed by atoms with Crippen LogP contribution in [-0.4, -0.2) is 37.4 Å². The number of carbonyl (C=O) groups is 1. The summed E-state index contributed by atoms with van der Waals surface area (Å²) >= 11 is 0. The van der Waals surface area contributed by atoms with Crippen LogP contribution >= 0.6 is 0 Å². The monoisotopic (exact) mass is 437 g/mol. The summed E-state index contributed by atoms with van der Waals surface area (Å²) in [6, 6.07) is 10.5. The molecule has 0 bridgehead atoms. The lowest BCUT2D eigenvalue weighted by molar-refractivity contribution is -0.145. The number of hydrogen-bond acceptors (Lipinski definition) is 5. The van der Waals surface area contributed by atoms with Gasteiger partial charge in [0.2, 0.25) is 0 Å². The second-order valence-corrected chi connectivity index (χ2v) is 7.60. The summed E-state index contributed by atoms with van der Waals surface area (Å²) in [4.78, 5) is 11.4. The molecule has 2 unspecified atom stereocenters. The van der Waals surface area contributed by atoms with E-state index in [0.29, 0.717) is 24.8 Å². The van der Waals surface area contributed by atoms with Crippen molar-refractivity contribution in [2.45, 2.75) is 32.0 Å². The molecule has 0 heterocycles. The lowest BCUT2D eigenvalue weighted by Crippen LogP contribution is -2.27. The van der Waals surface area contributed by atoms with E-state index in [1.165, 1.54) is 17.7 Å². The van der Waals surface area contributed by atoms with E-state index in [4.69, 9.17) is 9.47 Å². The third kappa shape index (κ3) is 6.45. The molecule has 168 valence electrons. The van der Waals surface area contributed by atoms with E-state index in [2.05, 4.69) is 5.32 Å². The van der Waals surface area contributed by atoms with Gasteiger partial charge in [-0.15, -0.1) is 0 Å². The van der Waals surface area contributed by atoms with E-state index < -0.39 is 23.8 Å². The molecule has 2 aromatic carbocycles. The van der Waals surface area contributed by atoms with Gasteiger partial charge in [0.1, 0.15) is 5.75 Å². The zero-order valence-electron chi connectivity index (χ0n) is 17.2. The molecule has 8 heteroatoms. The van der Waals surface area contributed by atoms with Crippen molar-refractivity contribution in [3.63, 3.8) is 0 Å². The lowest BCUT2D eigenvalue weighted by atomic mass is 10.0. The highest BCUT2D eigenvalue weighted by atomic mass is 19.4. The Hall–Kier alpha value is -2.58. The van der Waals surface area contributed by atoms with E-state index in [1.807, 2.05) is 18.2 Å². The minimum absolute atomic E-state index is 0.134. The van der Waals surface area contributed by atoms with Gasteiger partial charge >= 0.3 is 12.1 Å². The van der Waals surface area contributed by atoms with Crippen molar-refractivity contribution >= 4 is 5.97 Å². The van der Waals surface area contributed by atoms with E-state index in [1.54, 1.807) is 6.92 Å². The number of alkyl halides is 3. The van der Waals surface area contributed by atoms with Crippen molar-refractivity contribution in [3.05, 3.63) is 64.7 Å². The van der Waals surface area contributed by atoms with Crippen LogP contribution in [0.15, 0.2) is 42.5 Å². The third-order valence-electron chi connectivity index (χ3n) is 5.23. The fourth-order valence-corrected chi connectivity index (χ4v) is 3.73. The first-order valence-electron chi connectivity index (χ1n) is 10.2. The average molecular weight is 437 g/mol. The van der Waals surface area contributed by atoms with Crippen LogP contribution in [0.25, 0.3) is 0 Å². The summed E-state index contributed by atoms with van der Waals surface area (Å²) in [7, 11) is 0. The molecular formula is C23H26F3NO4. The normalized spacial score (nSPS) is 16.6. The van der Waals surface area contributed by atoms with Crippen LogP contribution in [-0.2, 0) is 28.5 Å². The first-order chi connectivity index (χ1) is 14.8. The molecule has 2 atom stereocenters. The molecule has 0 aromatic heterocycles. The summed E-state index contributed by atoms with van der Waals surface area (Å²) in [6.07, 6.45) is -3.77. The molecule has 2 aromatic rings. The van der Waals surface area contributed by atoms with Gasteiger partial charge in [0.05, 0.1) is 18.3 Å². The van der Waals surface area contributed by atoms with Crippen LogP contribution < -0.4 is 10.1 Å². The van der Waals surface area contributed by atoms with Crippen LogP contribution in [0.4, 0.5) is 13.2 Å². The second kappa shape index (κ2) is 10.2. The van der Waals surface area contributed by atoms with Gasteiger partial charge < -0.3 is 19.9 Å². The maximum Gasteiger partial charge on any atom is 0.416 e. The minimum atomic E-state index is -4.43. The Morgan fingerprint density at radius 2 is 1.97 bits per heavy atom. The molecule has 0 saturated carbocycles. The number of carbonyl (C=O) groups excluding carboxylic acids is 1. The topological polar surface area (TPSA) is 67.8 Å². The van der Waals surface area contributed by atoms with Gasteiger partial charge in [-0.3, -0.25) is 0 Å². The highest BCUT2D eigenvalue weighted by Crippen LogP contribution is 2.31. The fourth-order valence-electron chi connectivity index (χ4n) is 3.73. The number of fused-ring (bicyclic) bond motifs is 1. The van der Waals surface area contributed by atoms with Gasteiger partial charge in [-0.05, 0) is 73.2 Å². The maximum absolute atomic E-state index is 12.8. The van der Waals surface area contributed by atoms with E-state index in [9.17, 15) is 23.1 Å². The number of halogens is 3. The van der Waals surface area contributed by atoms with Gasteiger partial charge in [0, 0.05) is 6.54 Å². The average Bonchev–Trinajstić information content (AvgIpc) is 3.14. The SMILES string of the molecule is CCOC(=O)COc1ccc2c(c1)CC(CNCC(O)c1cccc(C(F)(F)F)c1)C2. The predicted molar refractivity (Wildman–Crippen MR) is 109 cm³/mol. The smallest absolute Gasteiger partial charge is 0.416 e. The van der Waals surface area contributed by atoms with Gasteiger partial charge in [-0.2, -0.15) is 13.2 Å². The standard InChI is InChI=1S/C23H26F3NO4/c1-2-30-22(29)14-31-20-7-6-16-8-15(9-18(16)11-20)12-27-13-21(28)17-4-3-5-19(10-17)23(24,25)26/h3-7,10-11,15,21,27-28H,2,8-9,12-14H2,1H3. The van der Waals surface area contributed by atoms with Crippen LogP contribution in [0.3, 0.4) is 0 Å². The van der Waals surface area contributed by atoms with E-state index in [-0.39, 0.29) is 18.7 Å². The number of benzene rings is 2. The number of aliphatic hydroxyl groups excluding tert-OH is 1. The Balaban J connectivity index is 1.47. The van der Waals surface area contributed by atoms with Crippen molar-refractivity contribution in [1.82, 2.24) is 5.32 Å².